The third-order valence-electron chi connectivity index (χ3n) is 7.83. The van der Waals surface area contributed by atoms with Crippen LogP contribution in [0.4, 0.5) is 17.1 Å². The number of anilines is 3. The Balaban J connectivity index is 1.15. The second-order valence-corrected chi connectivity index (χ2v) is 14.4. The highest BCUT2D eigenvalue weighted by molar-refractivity contribution is 8.14. The van der Waals surface area contributed by atoms with Crippen LogP contribution in [0.3, 0.4) is 0 Å². The molecule has 3 aliphatic rings. The van der Waals surface area contributed by atoms with Gasteiger partial charge < -0.3 is 24.6 Å². The number of ether oxygens (including phenoxy) is 2. The molecule has 54 heavy (non-hydrogen) atoms. The minimum atomic E-state index is -1.01. The molecule has 7 rings (SSSR count). The Hall–Kier alpha value is -6.10. The average Bonchev–Trinajstić information content (AvgIpc) is 3.86. The van der Waals surface area contributed by atoms with Crippen molar-refractivity contribution in [3.63, 3.8) is 0 Å². The van der Waals surface area contributed by atoms with Crippen molar-refractivity contribution in [2.24, 2.45) is 9.98 Å². The summed E-state index contributed by atoms with van der Waals surface area (Å²) in [7, 11) is 0. The van der Waals surface area contributed by atoms with E-state index < -0.39 is 23.8 Å². The third kappa shape index (κ3) is 8.74. The average molecular weight is 780 g/mol. The van der Waals surface area contributed by atoms with Crippen LogP contribution in [0.1, 0.15) is 21.6 Å². The predicted octanol–water partition coefficient (Wildman–Crippen LogP) is 6.45. The van der Waals surface area contributed by atoms with Crippen LogP contribution in [-0.2, 0) is 19.2 Å². The first-order chi connectivity index (χ1) is 26.2. The number of carbonyl (C=O) groups excluding carboxylic acids is 2. The summed E-state index contributed by atoms with van der Waals surface area (Å²) in [4.78, 5) is 58.3. The molecule has 4 aromatic rings. The normalized spacial score (nSPS) is 16.4. The number of aliphatic imine (C=N–C) groups is 2. The number of aliphatic carboxylic acids is 2. The number of nitrogens with zero attached hydrogens (tertiary/aromatic N) is 3. The standard InChI is InChI=1S/C38H29N5O8S3/c44-32(45)20-53-37-39-28(35(48)41-37)17-23-3-10-26(11-4-23)43(25-8-1-22(2-9-25)7-14-31-34-30(19-52-31)50-15-16-51-34)27-12-5-24(6-13-27)18-29-36(49)42-38(40-29)54-21-33(46)47/h1-14,17-19H,15-16,20-21H2,(H,44,45)(H,46,47)(H,39,41,48)(H,40,42,49)/b14-7+,28-17-,29-18-. The van der Waals surface area contributed by atoms with Gasteiger partial charge in [-0.25, -0.2) is 9.98 Å². The number of thioether (sulfide) groups is 2. The number of carbonyl (C=O) groups is 4. The molecule has 0 aliphatic carbocycles. The highest BCUT2D eigenvalue weighted by Crippen LogP contribution is 2.41. The number of nitrogens with one attached hydrogen (secondary N) is 2. The quantitative estimate of drug-likeness (QED) is 0.123. The second kappa shape index (κ2) is 16.3. The van der Waals surface area contributed by atoms with Crippen LogP contribution >= 0.6 is 34.9 Å². The van der Waals surface area contributed by atoms with E-state index in [1.165, 1.54) is 0 Å². The van der Waals surface area contributed by atoms with Crippen LogP contribution in [0.15, 0.2) is 99.6 Å². The lowest BCUT2D eigenvalue weighted by Gasteiger charge is -2.26. The van der Waals surface area contributed by atoms with E-state index >= 15 is 0 Å². The van der Waals surface area contributed by atoms with E-state index in [-0.39, 0.29) is 33.2 Å². The molecule has 2 amide bonds. The summed E-state index contributed by atoms with van der Waals surface area (Å²) in [6, 6.07) is 23.2. The topological polar surface area (TPSA) is 179 Å². The van der Waals surface area contributed by atoms with E-state index in [2.05, 4.69) is 25.5 Å². The lowest BCUT2D eigenvalue weighted by Crippen LogP contribution is -2.22. The van der Waals surface area contributed by atoms with Gasteiger partial charge in [0.2, 0.25) is 0 Å². The van der Waals surface area contributed by atoms with Gasteiger partial charge in [0, 0.05) is 22.4 Å². The molecule has 0 saturated carbocycles. The van der Waals surface area contributed by atoms with Crippen molar-refractivity contribution in [3.05, 3.63) is 111 Å². The minimum Gasteiger partial charge on any atom is -0.485 e. The smallest absolute Gasteiger partial charge is 0.313 e. The zero-order valence-corrected chi connectivity index (χ0v) is 30.5. The lowest BCUT2D eigenvalue weighted by atomic mass is 10.1. The van der Waals surface area contributed by atoms with E-state index in [1.54, 1.807) is 23.5 Å². The van der Waals surface area contributed by atoms with E-state index in [0.717, 1.165) is 73.7 Å². The van der Waals surface area contributed by atoms with Crippen LogP contribution in [-0.4, -0.2) is 69.0 Å². The van der Waals surface area contributed by atoms with Gasteiger partial charge in [-0.3, -0.25) is 29.8 Å². The van der Waals surface area contributed by atoms with Crippen LogP contribution in [0, 0.1) is 0 Å². The monoisotopic (exact) mass is 779 g/mol. The molecule has 0 spiro atoms. The number of fused-ring (bicyclic) bond motifs is 1. The summed E-state index contributed by atoms with van der Waals surface area (Å²) in [6.45, 7) is 1.05. The molecule has 1 aromatic heterocycles. The molecule has 0 unspecified atom stereocenters. The number of amides is 2. The van der Waals surface area contributed by atoms with Crippen LogP contribution < -0.4 is 25.0 Å². The molecule has 0 radical (unpaired) electrons. The number of amidine groups is 2. The molecule has 3 aliphatic heterocycles. The van der Waals surface area contributed by atoms with Crippen molar-refractivity contribution in [3.8, 4) is 11.5 Å². The lowest BCUT2D eigenvalue weighted by molar-refractivity contribution is -0.134. The Bertz CT molecular complexity index is 2170. The van der Waals surface area contributed by atoms with Crippen molar-refractivity contribution >= 4 is 110 Å². The van der Waals surface area contributed by atoms with Gasteiger partial charge in [0.15, 0.2) is 21.8 Å². The van der Waals surface area contributed by atoms with Gasteiger partial charge in [0.1, 0.15) is 24.6 Å². The summed E-state index contributed by atoms with van der Waals surface area (Å²) in [6.07, 6.45) is 7.30. The fraction of sp³-hybridized carbons (Fsp3) is 0.105. The molecule has 4 heterocycles. The molecule has 3 aromatic carbocycles. The Morgan fingerprint density at radius 1 is 0.704 bits per heavy atom. The fourth-order valence-electron chi connectivity index (χ4n) is 5.40. The number of carboxylic acids is 2. The van der Waals surface area contributed by atoms with Crippen LogP contribution in [0.2, 0.25) is 0 Å². The maximum atomic E-state index is 12.5. The summed E-state index contributed by atoms with van der Waals surface area (Å²) < 4.78 is 11.5. The molecule has 13 nitrogen and oxygen atoms in total. The van der Waals surface area contributed by atoms with Gasteiger partial charge in [0.05, 0.1) is 16.4 Å². The van der Waals surface area contributed by atoms with Gasteiger partial charge in [0.25, 0.3) is 11.8 Å². The van der Waals surface area contributed by atoms with Crippen LogP contribution in [0.5, 0.6) is 11.5 Å². The Morgan fingerprint density at radius 3 is 1.65 bits per heavy atom. The predicted molar refractivity (Wildman–Crippen MR) is 213 cm³/mol. The first-order valence-electron chi connectivity index (χ1n) is 16.3. The van der Waals surface area contributed by atoms with Gasteiger partial charge in [-0.2, -0.15) is 0 Å². The van der Waals surface area contributed by atoms with Gasteiger partial charge >= 0.3 is 11.9 Å². The van der Waals surface area contributed by atoms with Gasteiger partial charge in [-0.1, -0.05) is 66.0 Å². The van der Waals surface area contributed by atoms with Crippen molar-refractivity contribution in [2.45, 2.75) is 0 Å². The van der Waals surface area contributed by atoms with Crippen molar-refractivity contribution in [2.75, 3.05) is 29.6 Å². The maximum absolute atomic E-state index is 12.5. The number of carboxylic acid groups (broad SMARTS) is 2. The molecule has 0 bridgehead atoms. The van der Waals surface area contributed by atoms with E-state index in [4.69, 9.17) is 19.7 Å². The fourth-order valence-corrected chi connectivity index (χ4v) is 7.40. The molecular weight excluding hydrogens is 751 g/mol. The zero-order valence-electron chi connectivity index (χ0n) is 28.1. The Kier molecular flexibility index (Phi) is 10.9. The Morgan fingerprint density at radius 2 is 1.17 bits per heavy atom. The maximum Gasteiger partial charge on any atom is 0.313 e. The molecule has 272 valence electrons. The molecule has 0 fully saturated rings. The van der Waals surface area contributed by atoms with Gasteiger partial charge in [-0.15, -0.1) is 11.3 Å². The third-order valence-corrected chi connectivity index (χ3v) is 10.5. The van der Waals surface area contributed by atoms with Crippen LogP contribution in [0.25, 0.3) is 24.3 Å². The summed E-state index contributed by atoms with van der Waals surface area (Å²) in [5.41, 5.74) is 5.30. The molecule has 16 heteroatoms. The molecule has 0 atom stereocenters. The second-order valence-electron chi connectivity index (χ2n) is 11.6. The summed E-state index contributed by atoms with van der Waals surface area (Å²) in [5.74, 6) is -1.74. The first-order valence-corrected chi connectivity index (χ1v) is 19.1. The minimum absolute atomic E-state index is 0.177. The SMILES string of the molecule is O=C(O)CSC1=N/C(=C\c2ccc(N(c3ccc(/C=C4\N=C(SCC(=O)O)NC4=O)cc3)c3ccc(/C=C/c4scc5c4OCCO5)cc3)cc2)C(=O)N1. The van der Waals surface area contributed by atoms with Crippen molar-refractivity contribution in [1.29, 1.82) is 0 Å². The van der Waals surface area contributed by atoms with E-state index in [0.29, 0.717) is 13.2 Å². The van der Waals surface area contributed by atoms with E-state index in [1.807, 2.05) is 90.3 Å². The number of hydrogen-bond donors (Lipinski definition) is 4. The highest BCUT2D eigenvalue weighted by Gasteiger charge is 2.23. The molecule has 4 N–H and O–H groups in total. The summed E-state index contributed by atoms with van der Waals surface area (Å²) >= 11 is 3.44. The van der Waals surface area contributed by atoms with Crippen molar-refractivity contribution in [1.82, 2.24) is 10.6 Å². The number of hydrogen-bond acceptors (Lipinski definition) is 12. The van der Waals surface area contributed by atoms with Crippen molar-refractivity contribution < 1.29 is 38.9 Å². The zero-order chi connectivity index (χ0) is 37.6. The number of benzene rings is 3. The molecule has 0 saturated heterocycles. The number of thiophene rings is 1. The molecular formula is C38H29N5O8S3. The largest absolute Gasteiger partial charge is 0.485 e. The Labute approximate surface area is 320 Å². The highest BCUT2D eigenvalue weighted by atomic mass is 32.2. The van der Waals surface area contributed by atoms with Gasteiger partial charge in [-0.05, 0) is 71.3 Å². The number of rotatable bonds is 11. The summed E-state index contributed by atoms with van der Waals surface area (Å²) in [5, 5.41) is 25.5. The van der Waals surface area contributed by atoms with E-state index in [9.17, 15) is 19.2 Å². The first kappa shape index (κ1) is 36.3.